The first kappa shape index (κ1) is 14.9. The van der Waals surface area contributed by atoms with Gasteiger partial charge < -0.3 is 4.90 Å². The van der Waals surface area contributed by atoms with Crippen molar-refractivity contribution in [2.75, 3.05) is 19.0 Å². The van der Waals surface area contributed by atoms with E-state index in [1.807, 2.05) is 0 Å². The molecule has 1 aromatic heterocycles. The number of alkyl halides is 3. The van der Waals surface area contributed by atoms with Crippen molar-refractivity contribution in [3.8, 4) is 0 Å². The predicted molar refractivity (Wildman–Crippen MR) is 65.3 cm³/mol. The zero-order valence-electron chi connectivity index (χ0n) is 10.6. The molecule has 0 aliphatic heterocycles. The lowest BCUT2D eigenvalue weighted by Crippen LogP contribution is -2.37. The Morgan fingerprint density at radius 1 is 1.50 bits per heavy atom. The molecule has 4 nitrogen and oxygen atoms in total. The van der Waals surface area contributed by atoms with Gasteiger partial charge in [0.25, 0.3) is 12.3 Å². The molecule has 1 rings (SSSR count). The first-order valence-electron chi connectivity index (χ1n) is 5.52. The third-order valence-electron chi connectivity index (χ3n) is 2.72. The van der Waals surface area contributed by atoms with Crippen molar-refractivity contribution in [1.82, 2.24) is 14.7 Å². The molecule has 0 aliphatic rings. The van der Waals surface area contributed by atoms with Crippen molar-refractivity contribution in [3.05, 3.63) is 17.0 Å². The summed E-state index contributed by atoms with van der Waals surface area (Å²) in [6.07, 6.45) is -2.57. The third kappa shape index (κ3) is 3.19. The van der Waals surface area contributed by atoms with Gasteiger partial charge in [0.15, 0.2) is 0 Å². The number of aryl methyl sites for hydroxylation is 2. The smallest absolute Gasteiger partial charge is 0.257 e. The highest BCUT2D eigenvalue weighted by Crippen LogP contribution is 2.15. The lowest BCUT2D eigenvalue weighted by molar-refractivity contribution is 0.0569. The summed E-state index contributed by atoms with van der Waals surface area (Å²) in [6, 6.07) is 0. The highest BCUT2D eigenvalue weighted by Gasteiger charge is 2.24. The fraction of sp³-hybridized carbons (Fsp3) is 0.636. The number of halogens is 3. The van der Waals surface area contributed by atoms with Crippen LogP contribution in [0.4, 0.5) is 8.78 Å². The van der Waals surface area contributed by atoms with Crippen LogP contribution in [0.25, 0.3) is 0 Å². The lowest BCUT2D eigenvalue weighted by Gasteiger charge is -2.21. The molecule has 0 N–H and O–H groups in total. The summed E-state index contributed by atoms with van der Waals surface area (Å²) >= 11 is 5.54. The summed E-state index contributed by atoms with van der Waals surface area (Å²) in [5.74, 6) is -0.323. The number of rotatable bonds is 5. The van der Waals surface area contributed by atoms with Crippen molar-refractivity contribution in [2.45, 2.75) is 20.3 Å². The van der Waals surface area contributed by atoms with Gasteiger partial charge in [-0.15, -0.1) is 11.6 Å². The zero-order valence-corrected chi connectivity index (χ0v) is 11.3. The average molecular weight is 280 g/mol. The van der Waals surface area contributed by atoms with E-state index in [0.717, 1.165) is 4.90 Å². The van der Waals surface area contributed by atoms with Crippen LogP contribution >= 0.6 is 11.6 Å². The second-order valence-electron chi connectivity index (χ2n) is 4.00. The second kappa shape index (κ2) is 6.13. The minimum Gasteiger partial charge on any atom is -0.332 e. The molecular weight excluding hydrogens is 264 g/mol. The van der Waals surface area contributed by atoms with E-state index < -0.39 is 18.9 Å². The normalized spacial score (nSPS) is 11.1. The largest absolute Gasteiger partial charge is 0.332 e. The minimum atomic E-state index is -2.57. The van der Waals surface area contributed by atoms with Crippen molar-refractivity contribution in [3.63, 3.8) is 0 Å². The van der Waals surface area contributed by atoms with E-state index in [-0.39, 0.29) is 12.4 Å². The first-order chi connectivity index (χ1) is 8.38. The predicted octanol–water partition coefficient (Wildman–Crippen LogP) is 1.98. The molecule has 102 valence electrons. The van der Waals surface area contributed by atoms with E-state index >= 15 is 0 Å². The monoisotopic (exact) mass is 279 g/mol. The Morgan fingerprint density at radius 3 is 2.50 bits per heavy atom. The molecule has 1 heterocycles. The quantitative estimate of drug-likeness (QED) is 0.773. The molecule has 1 aromatic rings. The number of amides is 1. The Hall–Kier alpha value is -1.17. The molecule has 0 saturated carbocycles. The maximum absolute atomic E-state index is 12.4. The summed E-state index contributed by atoms with van der Waals surface area (Å²) in [7, 11) is 1.71. The molecule has 0 unspecified atom stereocenters. The second-order valence-corrected chi connectivity index (χ2v) is 4.38. The van der Waals surface area contributed by atoms with Crippen molar-refractivity contribution in [1.29, 1.82) is 0 Å². The summed E-state index contributed by atoms with van der Waals surface area (Å²) in [6.45, 7) is 2.90. The van der Waals surface area contributed by atoms with Crippen LogP contribution in [0.2, 0.25) is 0 Å². The number of nitrogens with zero attached hydrogens (tertiary/aromatic N) is 3. The Kier molecular flexibility index (Phi) is 5.07. The number of carbonyl (C=O) groups is 1. The van der Waals surface area contributed by atoms with Crippen LogP contribution in [-0.4, -0.2) is 46.0 Å². The van der Waals surface area contributed by atoms with Crippen molar-refractivity contribution in [2.24, 2.45) is 7.05 Å². The van der Waals surface area contributed by atoms with Crippen LogP contribution in [0.3, 0.4) is 0 Å². The maximum atomic E-state index is 12.4. The Morgan fingerprint density at radius 2 is 2.11 bits per heavy atom. The van der Waals surface area contributed by atoms with Gasteiger partial charge in [0.05, 0.1) is 17.8 Å². The van der Waals surface area contributed by atoms with Gasteiger partial charge in [-0.25, -0.2) is 8.78 Å². The molecule has 0 atom stereocenters. The standard InChI is InChI=1S/C11H16ClF2N3O/c1-7-10(8(2)16(3)15-7)11(18)17(5-4-12)6-9(13)14/h9H,4-6H2,1-3H3. The van der Waals surface area contributed by atoms with Gasteiger partial charge in [0.2, 0.25) is 0 Å². The third-order valence-corrected chi connectivity index (χ3v) is 2.89. The Labute approximate surface area is 110 Å². The number of hydrogen-bond acceptors (Lipinski definition) is 2. The molecule has 18 heavy (non-hydrogen) atoms. The lowest BCUT2D eigenvalue weighted by atomic mass is 10.1. The summed E-state index contributed by atoms with van der Waals surface area (Å²) in [4.78, 5) is 13.3. The molecule has 0 spiro atoms. The van der Waals surface area contributed by atoms with Gasteiger partial charge in [-0.05, 0) is 13.8 Å². The van der Waals surface area contributed by atoms with E-state index in [1.54, 1.807) is 25.6 Å². The van der Waals surface area contributed by atoms with Crippen LogP contribution in [0.5, 0.6) is 0 Å². The van der Waals surface area contributed by atoms with E-state index in [1.165, 1.54) is 0 Å². The van der Waals surface area contributed by atoms with Gasteiger partial charge in [-0.2, -0.15) is 5.10 Å². The first-order valence-corrected chi connectivity index (χ1v) is 6.05. The van der Waals surface area contributed by atoms with E-state index in [4.69, 9.17) is 11.6 Å². The van der Waals surface area contributed by atoms with Gasteiger partial charge in [-0.1, -0.05) is 0 Å². The molecule has 7 heteroatoms. The molecule has 0 aromatic carbocycles. The summed E-state index contributed by atoms with van der Waals surface area (Å²) in [5, 5.41) is 4.10. The molecular formula is C11H16ClF2N3O. The summed E-state index contributed by atoms with van der Waals surface area (Å²) < 4.78 is 26.4. The fourth-order valence-electron chi connectivity index (χ4n) is 1.79. The van der Waals surface area contributed by atoms with Crippen LogP contribution in [0, 0.1) is 13.8 Å². The van der Waals surface area contributed by atoms with Crippen molar-refractivity contribution < 1.29 is 13.6 Å². The van der Waals surface area contributed by atoms with Crippen LogP contribution < -0.4 is 0 Å². The molecule has 0 radical (unpaired) electrons. The zero-order chi connectivity index (χ0) is 13.9. The van der Waals surface area contributed by atoms with E-state index in [0.29, 0.717) is 17.0 Å². The number of hydrogen-bond donors (Lipinski definition) is 0. The maximum Gasteiger partial charge on any atom is 0.257 e. The molecule has 0 aliphatic carbocycles. The van der Waals surface area contributed by atoms with Crippen molar-refractivity contribution >= 4 is 17.5 Å². The van der Waals surface area contributed by atoms with E-state index in [2.05, 4.69) is 5.10 Å². The topological polar surface area (TPSA) is 38.1 Å². The fourth-order valence-corrected chi connectivity index (χ4v) is 1.99. The van der Waals surface area contributed by atoms with Crippen LogP contribution in [0.1, 0.15) is 21.7 Å². The molecule has 0 saturated heterocycles. The highest BCUT2D eigenvalue weighted by molar-refractivity contribution is 6.18. The van der Waals surface area contributed by atoms with Gasteiger partial charge in [0.1, 0.15) is 0 Å². The molecule has 1 amide bonds. The molecule has 0 fully saturated rings. The number of aromatic nitrogens is 2. The van der Waals surface area contributed by atoms with Gasteiger partial charge >= 0.3 is 0 Å². The Bertz CT molecular complexity index is 434. The number of carbonyl (C=O) groups excluding carboxylic acids is 1. The van der Waals surface area contributed by atoms with E-state index in [9.17, 15) is 13.6 Å². The van der Waals surface area contributed by atoms with Crippen LogP contribution in [-0.2, 0) is 7.05 Å². The Balaban J connectivity index is 3.01. The van der Waals surface area contributed by atoms with Crippen LogP contribution in [0.15, 0.2) is 0 Å². The SMILES string of the molecule is Cc1nn(C)c(C)c1C(=O)N(CCCl)CC(F)F. The summed E-state index contributed by atoms with van der Waals surface area (Å²) in [5.41, 5.74) is 1.57. The van der Waals surface area contributed by atoms with Gasteiger partial charge in [-0.3, -0.25) is 9.48 Å². The minimum absolute atomic E-state index is 0.0957. The van der Waals surface area contributed by atoms with Gasteiger partial charge in [0, 0.05) is 25.2 Å². The molecule has 0 bridgehead atoms. The highest BCUT2D eigenvalue weighted by atomic mass is 35.5. The average Bonchev–Trinajstić information content (AvgIpc) is 2.51.